The number of imidazole rings is 1. The molecular formula is C13H17N3O2S. The number of esters is 1. The Kier molecular flexibility index (Phi) is 4.81. The first-order valence-corrected chi connectivity index (χ1v) is 7.21. The van der Waals surface area contributed by atoms with Crippen molar-refractivity contribution < 1.29 is 9.53 Å². The molecule has 0 aliphatic heterocycles. The molecule has 0 aliphatic rings. The zero-order valence-corrected chi connectivity index (χ0v) is 11.6. The number of nitrogens with one attached hydrogen (secondary N) is 1. The lowest BCUT2D eigenvalue weighted by Gasteiger charge is -2.07. The molecule has 1 heterocycles. The Labute approximate surface area is 115 Å². The summed E-state index contributed by atoms with van der Waals surface area (Å²) >= 11 is 1.70. The number of aromatic amines is 1. The zero-order valence-electron chi connectivity index (χ0n) is 10.8. The van der Waals surface area contributed by atoms with Gasteiger partial charge in [-0.1, -0.05) is 12.1 Å². The lowest BCUT2D eigenvalue weighted by atomic mass is 10.2. The summed E-state index contributed by atoms with van der Waals surface area (Å²) in [5.41, 5.74) is 7.68. The highest BCUT2D eigenvalue weighted by molar-refractivity contribution is 7.98. The van der Waals surface area contributed by atoms with Crippen molar-refractivity contribution >= 4 is 28.8 Å². The number of carbonyl (C=O) groups excluding carboxylic acids is 1. The summed E-state index contributed by atoms with van der Waals surface area (Å²) in [6, 6.07) is 7.40. The van der Waals surface area contributed by atoms with Gasteiger partial charge in [-0.05, 0) is 24.3 Å². The number of fused-ring (bicyclic) bond motifs is 1. The zero-order chi connectivity index (χ0) is 13.7. The maximum atomic E-state index is 11.1. The normalized spacial score (nSPS) is 12.5. The molecule has 1 aromatic heterocycles. The van der Waals surface area contributed by atoms with Crippen molar-refractivity contribution in [3.8, 4) is 0 Å². The number of para-hydroxylation sites is 2. The minimum Gasteiger partial charge on any atom is -0.468 e. The van der Waals surface area contributed by atoms with Gasteiger partial charge in [0.25, 0.3) is 0 Å². The first-order chi connectivity index (χ1) is 9.20. The first-order valence-electron chi connectivity index (χ1n) is 6.05. The minimum atomic E-state index is -0.534. The Hall–Kier alpha value is -1.53. The SMILES string of the molecule is COC(=O)C(N)CCSCc1nc2ccccc2[nH]1. The van der Waals surface area contributed by atoms with Gasteiger partial charge in [0, 0.05) is 0 Å². The van der Waals surface area contributed by atoms with Crippen molar-refractivity contribution in [3.05, 3.63) is 30.1 Å². The highest BCUT2D eigenvalue weighted by atomic mass is 32.2. The molecule has 0 spiro atoms. The van der Waals surface area contributed by atoms with E-state index in [1.807, 2.05) is 24.3 Å². The van der Waals surface area contributed by atoms with Crippen molar-refractivity contribution in [1.82, 2.24) is 9.97 Å². The van der Waals surface area contributed by atoms with Crippen molar-refractivity contribution in [2.24, 2.45) is 5.73 Å². The summed E-state index contributed by atoms with van der Waals surface area (Å²) in [6.07, 6.45) is 0.609. The molecule has 0 radical (unpaired) electrons. The number of hydrogen-bond donors (Lipinski definition) is 2. The molecule has 0 bridgehead atoms. The topological polar surface area (TPSA) is 81.0 Å². The van der Waals surface area contributed by atoms with Crippen LogP contribution in [0.5, 0.6) is 0 Å². The van der Waals surface area contributed by atoms with Crippen molar-refractivity contribution in [3.63, 3.8) is 0 Å². The van der Waals surface area contributed by atoms with E-state index in [1.54, 1.807) is 11.8 Å². The minimum absolute atomic E-state index is 0.357. The number of aromatic nitrogens is 2. The molecule has 3 N–H and O–H groups in total. The van der Waals surface area contributed by atoms with Crippen LogP contribution in [0.4, 0.5) is 0 Å². The number of thioether (sulfide) groups is 1. The van der Waals surface area contributed by atoms with E-state index in [1.165, 1.54) is 7.11 Å². The van der Waals surface area contributed by atoms with E-state index in [0.717, 1.165) is 28.4 Å². The standard InChI is InChI=1S/C13H17N3O2S/c1-18-13(17)9(14)6-7-19-8-12-15-10-4-2-3-5-11(10)16-12/h2-5,9H,6-8,14H2,1H3,(H,15,16). The van der Waals surface area contributed by atoms with Crippen LogP contribution in [0.1, 0.15) is 12.2 Å². The van der Waals surface area contributed by atoms with E-state index < -0.39 is 6.04 Å². The van der Waals surface area contributed by atoms with E-state index in [-0.39, 0.29) is 5.97 Å². The Balaban J connectivity index is 1.78. The summed E-state index contributed by atoms with van der Waals surface area (Å²) in [7, 11) is 1.35. The number of rotatable bonds is 6. The Bertz CT molecular complexity index is 523. The van der Waals surface area contributed by atoms with Gasteiger partial charge in [-0.2, -0.15) is 11.8 Å². The second-order valence-electron chi connectivity index (χ2n) is 4.17. The molecule has 6 heteroatoms. The number of methoxy groups -OCH3 is 1. The van der Waals surface area contributed by atoms with Crippen molar-refractivity contribution in [2.75, 3.05) is 12.9 Å². The third-order valence-corrected chi connectivity index (χ3v) is 3.76. The third kappa shape index (κ3) is 3.71. The number of H-pyrrole nitrogens is 1. The molecule has 0 fully saturated rings. The van der Waals surface area contributed by atoms with Gasteiger partial charge in [0.15, 0.2) is 0 Å². The Morgan fingerprint density at radius 1 is 1.53 bits per heavy atom. The van der Waals surface area contributed by atoms with Gasteiger partial charge < -0.3 is 15.5 Å². The summed E-state index contributed by atoms with van der Waals surface area (Å²) < 4.78 is 4.58. The van der Waals surface area contributed by atoms with E-state index in [0.29, 0.717) is 6.42 Å². The molecule has 0 saturated heterocycles. The average Bonchev–Trinajstić information content (AvgIpc) is 2.85. The molecular weight excluding hydrogens is 262 g/mol. The summed E-state index contributed by atoms with van der Waals surface area (Å²) in [5, 5.41) is 0. The largest absolute Gasteiger partial charge is 0.468 e. The fraction of sp³-hybridized carbons (Fsp3) is 0.385. The van der Waals surface area contributed by atoms with Crippen LogP contribution in [0.3, 0.4) is 0 Å². The predicted octanol–water partition coefficient (Wildman–Crippen LogP) is 1.69. The molecule has 19 heavy (non-hydrogen) atoms. The fourth-order valence-corrected chi connectivity index (χ4v) is 2.62. The van der Waals surface area contributed by atoms with Crippen LogP contribution in [0.2, 0.25) is 0 Å². The maximum Gasteiger partial charge on any atom is 0.322 e. The van der Waals surface area contributed by atoms with Gasteiger partial charge in [-0.25, -0.2) is 4.98 Å². The second kappa shape index (κ2) is 6.58. The molecule has 1 unspecified atom stereocenters. The smallest absolute Gasteiger partial charge is 0.322 e. The van der Waals surface area contributed by atoms with E-state index >= 15 is 0 Å². The molecule has 0 amide bonds. The van der Waals surface area contributed by atoms with Gasteiger partial charge in [0.1, 0.15) is 11.9 Å². The first kappa shape index (κ1) is 13.9. The molecule has 102 valence electrons. The molecule has 0 aliphatic carbocycles. The lowest BCUT2D eigenvalue weighted by Crippen LogP contribution is -2.31. The molecule has 1 aromatic carbocycles. The number of ether oxygens (including phenoxy) is 1. The molecule has 1 atom stereocenters. The van der Waals surface area contributed by atoms with E-state index in [4.69, 9.17) is 5.73 Å². The molecule has 5 nitrogen and oxygen atoms in total. The number of nitrogens with two attached hydrogens (primary N) is 1. The van der Waals surface area contributed by atoms with Crippen LogP contribution in [-0.4, -0.2) is 34.8 Å². The van der Waals surface area contributed by atoms with Crippen LogP contribution < -0.4 is 5.73 Å². The van der Waals surface area contributed by atoms with Crippen molar-refractivity contribution in [1.29, 1.82) is 0 Å². The van der Waals surface area contributed by atoms with Gasteiger partial charge in [-0.3, -0.25) is 4.79 Å². The Morgan fingerprint density at radius 3 is 3.05 bits per heavy atom. The Morgan fingerprint density at radius 2 is 2.32 bits per heavy atom. The molecule has 2 rings (SSSR count). The predicted molar refractivity (Wildman–Crippen MR) is 76.9 cm³/mol. The highest BCUT2D eigenvalue weighted by Crippen LogP contribution is 2.15. The number of carbonyl (C=O) groups is 1. The molecule has 0 saturated carbocycles. The molecule has 2 aromatic rings. The van der Waals surface area contributed by atoms with Gasteiger partial charge in [0.05, 0.1) is 23.9 Å². The van der Waals surface area contributed by atoms with Crippen LogP contribution in [0.25, 0.3) is 11.0 Å². The maximum absolute atomic E-state index is 11.1. The summed E-state index contributed by atoms with van der Waals surface area (Å²) in [6.45, 7) is 0. The summed E-state index contributed by atoms with van der Waals surface area (Å²) in [5.74, 6) is 2.16. The van der Waals surface area contributed by atoms with Crippen LogP contribution in [-0.2, 0) is 15.3 Å². The third-order valence-electron chi connectivity index (χ3n) is 2.75. The number of nitrogens with zero attached hydrogens (tertiary/aromatic N) is 1. The monoisotopic (exact) mass is 279 g/mol. The van der Waals surface area contributed by atoms with Crippen LogP contribution in [0.15, 0.2) is 24.3 Å². The van der Waals surface area contributed by atoms with E-state index in [9.17, 15) is 4.79 Å². The number of hydrogen-bond acceptors (Lipinski definition) is 5. The second-order valence-corrected chi connectivity index (χ2v) is 5.28. The highest BCUT2D eigenvalue weighted by Gasteiger charge is 2.12. The van der Waals surface area contributed by atoms with Crippen LogP contribution >= 0.6 is 11.8 Å². The van der Waals surface area contributed by atoms with Gasteiger partial charge in [0.2, 0.25) is 0 Å². The summed E-state index contributed by atoms with van der Waals surface area (Å²) in [4.78, 5) is 18.9. The fourth-order valence-electron chi connectivity index (χ4n) is 1.72. The van der Waals surface area contributed by atoms with Gasteiger partial charge >= 0.3 is 5.97 Å². The lowest BCUT2D eigenvalue weighted by molar-refractivity contribution is -0.142. The van der Waals surface area contributed by atoms with Crippen molar-refractivity contribution in [2.45, 2.75) is 18.2 Å². The average molecular weight is 279 g/mol. The van der Waals surface area contributed by atoms with E-state index in [2.05, 4.69) is 14.7 Å². The quantitative estimate of drug-likeness (QED) is 0.621. The van der Waals surface area contributed by atoms with Gasteiger partial charge in [-0.15, -0.1) is 0 Å². The number of benzene rings is 1. The van der Waals surface area contributed by atoms with Crippen LogP contribution in [0, 0.1) is 0 Å².